The Hall–Kier alpha value is -0.830. The summed E-state index contributed by atoms with van der Waals surface area (Å²) in [6.45, 7) is 10.1. The van der Waals surface area contributed by atoms with Crippen molar-refractivity contribution in [3.05, 3.63) is 23.8 Å². The number of aliphatic imine (C=N–C) groups is 1. The summed E-state index contributed by atoms with van der Waals surface area (Å²) in [4.78, 5) is 4.72. The van der Waals surface area contributed by atoms with E-state index in [1.807, 2.05) is 30.0 Å². The lowest BCUT2D eigenvalue weighted by Gasteiger charge is -2.23. The van der Waals surface area contributed by atoms with Crippen LogP contribution in [0.2, 0.25) is 0 Å². The van der Waals surface area contributed by atoms with Gasteiger partial charge in [0.15, 0.2) is 5.96 Å². The van der Waals surface area contributed by atoms with Crippen molar-refractivity contribution >= 4 is 41.7 Å². The molecular weight excluding hydrogens is 449 g/mol. The fourth-order valence-electron chi connectivity index (χ4n) is 2.11. The molecule has 1 unspecified atom stereocenters. The van der Waals surface area contributed by atoms with E-state index in [9.17, 15) is 0 Å². The molecule has 0 saturated carbocycles. The molecule has 0 aliphatic carbocycles. The van der Waals surface area contributed by atoms with Gasteiger partial charge in [-0.2, -0.15) is 11.8 Å². The summed E-state index contributed by atoms with van der Waals surface area (Å²) < 4.78 is 10.9. The molecule has 0 saturated heterocycles. The molecule has 0 aliphatic rings. The second kappa shape index (κ2) is 11.7. The second-order valence-electron chi connectivity index (χ2n) is 6.13. The number of thioether (sulfide) groups is 1. The Morgan fingerprint density at radius 1 is 1.28 bits per heavy atom. The zero-order valence-corrected chi connectivity index (χ0v) is 19.5. The molecule has 0 bridgehead atoms. The minimum atomic E-state index is 0. The first-order valence-electron chi connectivity index (χ1n) is 8.18. The van der Waals surface area contributed by atoms with Crippen LogP contribution in [0.4, 0.5) is 0 Å². The van der Waals surface area contributed by atoms with Crippen molar-refractivity contribution in [3.8, 4) is 11.5 Å². The number of ether oxygens (including phenoxy) is 2. The average Bonchev–Trinajstić information content (AvgIpc) is 2.59. The van der Waals surface area contributed by atoms with Gasteiger partial charge in [-0.1, -0.05) is 0 Å². The average molecular weight is 481 g/mol. The molecule has 1 atom stereocenters. The van der Waals surface area contributed by atoms with Crippen LogP contribution in [0.5, 0.6) is 11.5 Å². The highest BCUT2D eigenvalue weighted by atomic mass is 127. The van der Waals surface area contributed by atoms with Crippen LogP contribution in [0, 0.1) is 0 Å². The summed E-state index contributed by atoms with van der Waals surface area (Å²) in [5.41, 5.74) is 1.03. The third-order valence-corrected chi connectivity index (χ3v) is 5.01. The maximum atomic E-state index is 5.48. The van der Waals surface area contributed by atoms with Gasteiger partial charge < -0.3 is 20.1 Å². The van der Waals surface area contributed by atoms with Crippen LogP contribution < -0.4 is 20.1 Å². The van der Waals surface area contributed by atoms with Gasteiger partial charge in [-0.25, -0.2) is 0 Å². The Morgan fingerprint density at radius 3 is 2.48 bits per heavy atom. The second-order valence-corrected chi connectivity index (χ2v) is 7.65. The molecule has 0 aliphatic heterocycles. The monoisotopic (exact) mass is 481 g/mol. The number of benzene rings is 1. The predicted molar refractivity (Wildman–Crippen MR) is 120 cm³/mol. The van der Waals surface area contributed by atoms with E-state index in [-0.39, 0.29) is 34.8 Å². The Kier molecular flexibility index (Phi) is 11.3. The van der Waals surface area contributed by atoms with E-state index in [1.165, 1.54) is 0 Å². The zero-order chi connectivity index (χ0) is 18.2. The maximum Gasteiger partial charge on any atom is 0.191 e. The fraction of sp³-hybridized carbons (Fsp3) is 0.611. The molecule has 1 aromatic carbocycles. The van der Waals surface area contributed by atoms with Gasteiger partial charge in [-0.15, -0.1) is 24.0 Å². The summed E-state index contributed by atoms with van der Waals surface area (Å²) >= 11 is 1.81. The van der Waals surface area contributed by atoms with Gasteiger partial charge in [-0.05, 0) is 52.1 Å². The van der Waals surface area contributed by atoms with Gasteiger partial charge in [0.05, 0.1) is 26.8 Å². The largest absolute Gasteiger partial charge is 0.497 e. The molecule has 144 valence electrons. The fourth-order valence-corrected chi connectivity index (χ4v) is 2.31. The summed E-state index contributed by atoms with van der Waals surface area (Å²) in [6, 6.07) is 5.85. The van der Waals surface area contributed by atoms with Gasteiger partial charge in [0, 0.05) is 16.9 Å². The van der Waals surface area contributed by atoms with E-state index in [0.29, 0.717) is 0 Å². The SMILES string of the molecule is CCNC(=NCC(C)(C)SC)NC(C)c1cc(OC)ccc1OC.I. The highest BCUT2D eigenvalue weighted by molar-refractivity contribution is 14.0. The zero-order valence-electron chi connectivity index (χ0n) is 16.3. The standard InChI is InChI=1S/C18H31N3O2S.HI/c1-8-19-17(20-12-18(3,4)24-7)21-13(2)15-11-14(22-5)9-10-16(15)23-6;/h9-11,13H,8,12H2,1-7H3,(H2,19,20,21);1H. The first-order chi connectivity index (χ1) is 11.4. The number of nitrogens with one attached hydrogen (secondary N) is 2. The molecular formula is C18H32IN3O2S. The number of hydrogen-bond acceptors (Lipinski definition) is 4. The molecule has 0 aromatic heterocycles. The molecule has 25 heavy (non-hydrogen) atoms. The summed E-state index contributed by atoms with van der Waals surface area (Å²) in [5, 5.41) is 6.75. The van der Waals surface area contributed by atoms with E-state index < -0.39 is 0 Å². The number of guanidine groups is 1. The van der Waals surface area contributed by atoms with Crippen LogP contribution >= 0.6 is 35.7 Å². The normalized spacial score (nSPS) is 12.8. The van der Waals surface area contributed by atoms with Crippen molar-refractivity contribution in [1.29, 1.82) is 0 Å². The van der Waals surface area contributed by atoms with Crippen molar-refractivity contribution in [2.24, 2.45) is 4.99 Å². The van der Waals surface area contributed by atoms with Gasteiger partial charge in [0.1, 0.15) is 11.5 Å². The van der Waals surface area contributed by atoms with Crippen molar-refractivity contribution in [2.45, 2.75) is 38.5 Å². The van der Waals surface area contributed by atoms with E-state index in [0.717, 1.165) is 36.1 Å². The molecule has 7 heteroatoms. The molecule has 0 spiro atoms. The first-order valence-corrected chi connectivity index (χ1v) is 9.41. The highest BCUT2D eigenvalue weighted by Crippen LogP contribution is 2.29. The van der Waals surface area contributed by atoms with E-state index in [1.54, 1.807) is 14.2 Å². The quantitative estimate of drug-likeness (QED) is 0.333. The van der Waals surface area contributed by atoms with Crippen LogP contribution in [0.25, 0.3) is 0 Å². The van der Waals surface area contributed by atoms with E-state index in [4.69, 9.17) is 14.5 Å². The van der Waals surface area contributed by atoms with Gasteiger partial charge in [0.2, 0.25) is 0 Å². The molecule has 0 fully saturated rings. The van der Waals surface area contributed by atoms with Crippen molar-refractivity contribution < 1.29 is 9.47 Å². The topological polar surface area (TPSA) is 54.9 Å². The van der Waals surface area contributed by atoms with Crippen molar-refractivity contribution in [1.82, 2.24) is 10.6 Å². The molecule has 1 aromatic rings. The van der Waals surface area contributed by atoms with Crippen molar-refractivity contribution in [2.75, 3.05) is 33.6 Å². The molecule has 0 amide bonds. The Morgan fingerprint density at radius 2 is 1.96 bits per heavy atom. The summed E-state index contributed by atoms with van der Waals surface area (Å²) in [7, 11) is 3.35. The first kappa shape index (κ1) is 24.2. The Balaban J connectivity index is 0.00000576. The predicted octanol–water partition coefficient (Wildman–Crippen LogP) is 4.08. The number of nitrogens with zero attached hydrogens (tertiary/aromatic N) is 1. The number of halogens is 1. The molecule has 1 rings (SSSR count). The highest BCUT2D eigenvalue weighted by Gasteiger charge is 2.17. The number of rotatable bonds is 8. The van der Waals surface area contributed by atoms with Crippen molar-refractivity contribution in [3.63, 3.8) is 0 Å². The maximum absolute atomic E-state index is 5.48. The third-order valence-electron chi connectivity index (χ3n) is 3.77. The molecule has 2 N–H and O–H groups in total. The molecule has 0 heterocycles. The lowest BCUT2D eigenvalue weighted by atomic mass is 10.1. The number of methoxy groups -OCH3 is 2. The third kappa shape index (κ3) is 7.94. The van der Waals surface area contributed by atoms with Gasteiger partial charge in [0.25, 0.3) is 0 Å². The van der Waals surface area contributed by atoms with E-state index in [2.05, 4.69) is 44.6 Å². The van der Waals surface area contributed by atoms with Crippen LogP contribution in [0.3, 0.4) is 0 Å². The lowest BCUT2D eigenvalue weighted by molar-refractivity contribution is 0.394. The minimum absolute atomic E-state index is 0. The van der Waals surface area contributed by atoms with Crippen LogP contribution in [0.1, 0.15) is 39.3 Å². The molecule has 0 radical (unpaired) electrons. The summed E-state index contributed by atoms with van der Waals surface area (Å²) in [5.74, 6) is 2.44. The Labute approximate surface area is 173 Å². The lowest BCUT2D eigenvalue weighted by Crippen LogP contribution is -2.39. The smallest absolute Gasteiger partial charge is 0.191 e. The Bertz CT molecular complexity index is 553. The summed E-state index contributed by atoms with van der Waals surface area (Å²) in [6.07, 6.45) is 2.11. The number of hydrogen-bond donors (Lipinski definition) is 2. The molecule has 5 nitrogen and oxygen atoms in total. The van der Waals surface area contributed by atoms with E-state index >= 15 is 0 Å². The van der Waals surface area contributed by atoms with Gasteiger partial charge >= 0.3 is 0 Å². The van der Waals surface area contributed by atoms with Crippen LogP contribution in [-0.4, -0.2) is 44.3 Å². The van der Waals surface area contributed by atoms with Crippen LogP contribution in [-0.2, 0) is 0 Å². The minimum Gasteiger partial charge on any atom is -0.497 e. The van der Waals surface area contributed by atoms with Crippen LogP contribution in [0.15, 0.2) is 23.2 Å². The van der Waals surface area contributed by atoms with Gasteiger partial charge in [-0.3, -0.25) is 4.99 Å².